The maximum absolute atomic E-state index is 11.9. The van der Waals surface area contributed by atoms with Crippen molar-refractivity contribution in [3.63, 3.8) is 0 Å². The third kappa shape index (κ3) is 4.13. The van der Waals surface area contributed by atoms with Gasteiger partial charge in [-0.3, -0.25) is 4.79 Å². The van der Waals surface area contributed by atoms with Crippen molar-refractivity contribution in [2.75, 3.05) is 32.8 Å². The highest BCUT2D eigenvalue weighted by Crippen LogP contribution is 2.03. The van der Waals surface area contributed by atoms with Crippen LogP contribution in [0.3, 0.4) is 0 Å². The Morgan fingerprint density at radius 2 is 2.12 bits per heavy atom. The van der Waals surface area contributed by atoms with Gasteiger partial charge in [-0.05, 0) is 0 Å². The van der Waals surface area contributed by atoms with Crippen molar-refractivity contribution in [3.8, 4) is 12.1 Å². The van der Waals surface area contributed by atoms with Crippen LogP contribution in [0.15, 0.2) is 11.8 Å². The number of ether oxygens (including phenoxy) is 1. The first kappa shape index (κ1) is 13.0. The average molecular weight is 234 g/mol. The third-order valence-electron chi connectivity index (χ3n) is 2.28. The van der Waals surface area contributed by atoms with Crippen molar-refractivity contribution in [1.82, 2.24) is 10.2 Å². The highest BCUT2D eigenvalue weighted by molar-refractivity contribution is 5.97. The van der Waals surface area contributed by atoms with Gasteiger partial charge in [0.05, 0.1) is 25.7 Å². The summed E-state index contributed by atoms with van der Waals surface area (Å²) in [6.07, 6.45) is 1.70. The molecule has 1 heterocycles. The van der Waals surface area contributed by atoms with Crippen LogP contribution in [0.5, 0.6) is 0 Å². The minimum atomic E-state index is -0.291. The molecule has 0 radical (unpaired) electrons. The molecule has 0 atom stereocenters. The van der Waals surface area contributed by atoms with Crippen molar-refractivity contribution >= 4 is 5.91 Å². The number of rotatable bonds is 4. The van der Waals surface area contributed by atoms with E-state index in [1.165, 1.54) is 6.20 Å². The van der Waals surface area contributed by atoms with Gasteiger partial charge in [0.1, 0.15) is 11.6 Å². The Morgan fingerprint density at radius 3 is 2.71 bits per heavy atom. The second kappa shape index (κ2) is 7.26. The van der Waals surface area contributed by atoms with E-state index < -0.39 is 0 Å². The van der Waals surface area contributed by atoms with E-state index in [-0.39, 0.29) is 11.5 Å². The molecule has 1 fully saturated rings. The van der Waals surface area contributed by atoms with Crippen LogP contribution in [0, 0.1) is 22.7 Å². The molecule has 0 unspecified atom stereocenters. The fourth-order valence-electron chi connectivity index (χ4n) is 1.38. The Labute approximate surface area is 100 Å². The molecule has 6 heteroatoms. The van der Waals surface area contributed by atoms with E-state index in [2.05, 4.69) is 5.32 Å². The Morgan fingerprint density at radius 1 is 1.41 bits per heavy atom. The SMILES string of the molecule is N#CCCN/C=C(/C#N)C(=O)N1CCOCC1. The zero-order chi connectivity index (χ0) is 12.5. The van der Waals surface area contributed by atoms with Gasteiger partial charge in [0.15, 0.2) is 0 Å². The summed E-state index contributed by atoms with van der Waals surface area (Å²) < 4.78 is 5.13. The summed E-state index contributed by atoms with van der Waals surface area (Å²) in [4.78, 5) is 13.5. The van der Waals surface area contributed by atoms with Crippen LogP contribution < -0.4 is 5.32 Å². The molecule has 0 aromatic rings. The summed E-state index contributed by atoms with van der Waals surface area (Å²) >= 11 is 0. The first-order valence-electron chi connectivity index (χ1n) is 5.37. The zero-order valence-corrected chi connectivity index (χ0v) is 9.48. The molecular weight excluding hydrogens is 220 g/mol. The molecule has 17 heavy (non-hydrogen) atoms. The van der Waals surface area contributed by atoms with Gasteiger partial charge in [-0.25, -0.2) is 0 Å². The summed E-state index contributed by atoms with van der Waals surface area (Å²) in [5, 5.41) is 20.0. The lowest BCUT2D eigenvalue weighted by Gasteiger charge is -2.26. The molecule has 0 spiro atoms. The summed E-state index contributed by atoms with van der Waals surface area (Å²) in [6, 6.07) is 3.83. The predicted octanol–water partition coefficient (Wildman–Crippen LogP) is -0.244. The number of amides is 1. The lowest BCUT2D eigenvalue weighted by atomic mass is 10.2. The topological polar surface area (TPSA) is 89.2 Å². The van der Waals surface area contributed by atoms with Gasteiger partial charge >= 0.3 is 0 Å². The quantitative estimate of drug-likeness (QED) is 0.412. The van der Waals surface area contributed by atoms with Gasteiger partial charge in [-0.1, -0.05) is 0 Å². The van der Waals surface area contributed by atoms with Crippen molar-refractivity contribution in [2.45, 2.75) is 6.42 Å². The van der Waals surface area contributed by atoms with Crippen molar-refractivity contribution < 1.29 is 9.53 Å². The molecule has 0 aromatic heterocycles. The van der Waals surface area contributed by atoms with Crippen molar-refractivity contribution in [1.29, 1.82) is 10.5 Å². The van der Waals surface area contributed by atoms with Crippen molar-refractivity contribution in [3.05, 3.63) is 11.8 Å². The van der Waals surface area contributed by atoms with E-state index in [1.807, 2.05) is 12.1 Å². The standard InChI is InChI=1S/C11H14N4O2/c12-2-1-3-14-9-10(8-13)11(16)15-4-6-17-7-5-15/h9,14H,1,3-7H2/b10-9-. The first-order valence-corrected chi connectivity index (χ1v) is 5.37. The molecule has 1 saturated heterocycles. The second-order valence-electron chi connectivity index (χ2n) is 3.44. The van der Waals surface area contributed by atoms with E-state index in [0.29, 0.717) is 39.3 Å². The van der Waals surface area contributed by atoms with Crippen LogP contribution in [0.1, 0.15) is 6.42 Å². The Bertz CT molecular complexity index is 372. The van der Waals surface area contributed by atoms with Crippen LogP contribution in [0.25, 0.3) is 0 Å². The predicted molar refractivity (Wildman–Crippen MR) is 59.3 cm³/mol. The summed E-state index contributed by atoms with van der Waals surface area (Å²) in [6.45, 7) is 2.46. The van der Waals surface area contributed by atoms with E-state index in [9.17, 15) is 4.79 Å². The summed E-state index contributed by atoms with van der Waals surface area (Å²) in [5.74, 6) is -0.291. The highest BCUT2D eigenvalue weighted by atomic mass is 16.5. The maximum atomic E-state index is 11.9. The summed E-state index contributed by atoms with van der Waals surface area (Å²) in [7, 11) is 0. The smallest absolute Gasteiger partial charge is 0.266 e. The summed E-state index contributed by atoms with van der Waals surface area (Å²) in [5.41, 5.74) is 0.0600. The molecule has 1 aliphatic rings. The molecular formula is C11H14N4O2. The number of carbonyl (C=O) groups is 1. The highest BCUT2D eigenvalue weighted by Gasteiger charge is 2.20. The molecule has 0 saturated carbocycles. The molecule has 0 aliphatic carbocycles. The van der Waals surface area contributed by atoms with E-state index in [4.69, 9.17) is 15.3 Å². The van der Waals surface area contributed by atoms with Crippen LogP contribution in [-0.2, 0) is 9.53 Å². The van der Waals surface area contributed by atoms with E-state index >= 15 is 0 Å². The molecule has 6 nitrogen and oxygen atoms in total. The van der Waals surface area contributed by atoms with Gasteiger partial charge in [0, 0.05) is 25.8 Å². The Hall–Kier alpha value is -2.05. The molecule has 1 aliphatic heterocycles. The number of nitrogens with one attached hydrogen (secondary N) is 1. The van der Waals surface area contributed by atoms with Gasteiger partial charge in [-0.2, -0.15) is 10.5 Å². The second-order valence-corrected chi connectivity index (χ2v) is 3.44. The Balaban J connectivity index is 2.51. The number of hydrogen-bond acceptors (Lipinski definition) is 5. The Kier molecular flexibility index (Phi) is 5.56. The maximum Gasteiger partial charge on any atom is 0.266 e. The minimum absolute atomic E-state index is 0.0600. The molecule has 90 valence electrons. The lowest BCUT2D eigenvalue weighted by molar-refractivity contribution is -0.130. The van der Waals surface area contributed by atoms with Gasteiger partial charge in [0.2, 0.25) is 0 Å². The molecule has 1 amide bonds. The molecule has 1 N–H and O–H groups in total. The number of nitriles is 2. The van der Waals surface area contributed by atoms with Gasteiger partial charge in [0.25, 0.3) is 5.91 Å². The number of carbonyl (C=O) groups excluding carboxylic acids is 1. The van der Waals surface area contributed by atoms with Crippen molar-refractivity contribution in [2.24, 2.45) is 0 Å². The van der Waals surface area contributed by atoms with Crippen LogP contribution in [0.4, 0.5) is 0 Å². The number of morpholine rings is 1. The number of nitrogens with zero attached hydrogens (tertiary/aromatic N) is 3. The number of hydrogen-bond donors (Lipinski definition) is 1. The van der Waals surface area contributed by atoms with E-state index in [0.717, 1.165) is 0 Å². The lowest BCUT2D eigenvalue weighted by Crippen LogP contribution is -2.41. The van der Waals surface area contributed by atoms with Crippen LogP contribution >= 0.6 is 0 Å². The zero-order valence-electron chi connectivity index (χ0n) is 9.48. The molecule has 0 aromatic carbocycles. The van der Waals surface area contributed by atoms with Crippen LogP contribution in [0.2, 0.25) is 0 Å². The molecule has 0 bridgehead atoms. The van der Waals surface area contributed by atoms with Crippen LogP contribution in [-0.4, -0.2) is 43.7 Å². The molecule has 1 rings (SSSR count). The fourth-order valence-corrected chi connectivity index (χ4v) is 1.38. The largest absolute Gasteiger partial charge is 0.389 e. The minimum Gasteiger partial charge on any atom is -0.389 e. The first-order chi connectivity index (χ1) is 8.29. The normalized spacial score (nSPS) is 15.9. The van der Waals surface area contributed by atoms with E-state index in [1.54, 1.807) is 4.90 Å². The third-order valence-corrected chi connectivity index (χ3v) is 2.28. The fraction of sp³-hybridized carbons (Fsp3) is 0.545. The van der Waals surface area contributed by atoms with Gasteiger partial charge < -0.3 is 15.0 Å². The monoisotopic (exact) mass is 234 g/mol. The average Bonchev–Trinajstić information content (AvgIpc) is 2.39. The van der Waals surface area contributed by atoms with Gasteiger partial charge in [-0.15, -0.1) is 0 Å².